The quantitative estimate of drug-likeness (QED) is 0.779. The van der Waals surface area contributed by atoms with Crippen molar-refractivity contribution >= 4 is 0 Å². The summed E-state index contributed by atoms with van der Waals surface area (Å²) in [5, 5.41) is 3.61. The van der Waals surface area contributed by atoms with Crippen molar-refractivity contribution in [2.45, 2.75) is 44.6 Å². The molecule has 1 heterocycles. The van der Waals surface area contributed by atoms with Crippen LogP contribution in [0.4, 0.5) is 0 Å². The van der Waals surface area contributed by atoms with Crippen molar-refractivity contribution in [3.8, 4) is 0 Å². The van der Waals surface area contributed by atoms with E-state index in [2.05, 4.69) is 12.2 Å². The van der Waals surface area contributed by atoms with Gasteiger partial charge in [0.1, 0.15) is 0 Å². The Morgan fingerprint density at radius 2 is 1.81 bits per heavy atom. The third kappa shape index (κ3) is 2.76. The van der Waals surface area contributed by atoms with Gasteiger partial charge in [-0.25, -0.2) is 0 Å². The number of hydrogen-bond donors (Lipinski definition) is 1. The van der Waals surface area contributed by atoms with Crippen LogP contribution < -0.4 is 5.32 Å². The molecular weight excluding hydrogens is 202 g/mol. The van der Waals surface area contributed by atoms with Gasteiger partial charge in [-0.3, -0.25) is 0 Å². The molecule has 3 nitrogen and oxygen atoms in total. The first-order valence-corrected chi connectivity index (χ1v) is 6.52. The van der Waals surface area contributed by atoms with Gasteiger partial charge < -0.3 is 14.8 Å². The van der Waals surface area contributed by atoms with Crippen molar-refractivity contribution in [1.82, 2.24) is 5.32 Å². The molecule has 2 rings (SSSR count). The summed E-state index contributed by atoms with van der Waals surface area (Å²) in [5.41, 5.74) is 0.582. The lowest BCUT2D eigenvalue weighted by Gasteiger charge is -2.42. The third-order valence-electron chi connectivity index (χ3n) is 4.40. The van der Waals surface area contributed by atoms with Crippen molar-refractivity contribution in [2.75, 3.05) is 33.4 Å². The Labute approximate surface area is 98.9 Å². The summed E-state index contributed by atoms with van der Waals surface area (Å²) in [6.07, 6.45) is 6.12. The van der Waals surface area contributed by atoms with Crippen LogP contribution in [0.1, 0.15) is 39.0 Å². The largest absolute Gasteiger partial charge is 0.381 e. The molecule has 0 aromatic rings. The molecule has 0 aromatic heterocycles. The highest BCUT2D eigenvalue weighted by Crippen LogP contribution is 2.35. The predicted octanol–water partition coefficient (Wildman–Crippen LogP) is 1.96. The maximum Gasteiger partial charge on any atom is 0.0802 e. The molecule has 0 unspecified atom stereocenters. The van der Waals surface area contributed by atoms with E-state index in [4.69, 9.17) is 9.47 Å². The van der Waals surface area contributed by atoms with Gasteiger partial charge in [0, 0.05) is 33.4 Å². The summed E-state index contributed by atoms with van der Waals surface area (Å²) in [4.78, 5) is 0. The van der Waals surface area contributed by atoms with Crippen molar-refractivity contribution in [3.63, 3.8) is 0 Å². The van der Waals surface area contributed by atoms with Gasteiger partial charge in [0.15, 0.2) is 0 Å². The summed E-state index contributed by atoms with van der Waals surface area (Å²) in [6.45, 7) is 6.32. The first-order chi connectivity index (χ1) is 7.68. The number of hydrogen-bond acceptors (Lipinski definition) is 3. The van der Waals surface area contributed by atoms with E-state index in [-0.39, 0.29) is 5.60 Å². The minimum atomic E-state index is 0.154. The fourth-order valence-corrected chi connectivity index (χ4v) is 2.66. The van der Waals surface area contributed by atoms with Gasteiger partial charge in [-0.2, -0.15) is 0 Å². The molecule has 0 aromatic carbocycles. The van der Waals surface area contributed by atoms with Gasteiger partial charge in [-0.15, -0.1) is 0 Å². The molecule has 0 spiro atoms. The van der Waals surface area contributed by atoms with Crippen LogP contribution in [0.2, 0.25) is 0 Å². The van der Waals surface area contributed by atoms with E-state index >= 15 is 0 Å². The maximum atomic E-state index is 5.61. The second kappa shape index (κ2) is 5.03. The van der Waals surface area contributed by atoms with Crippen molar-refractivity contribution in [3.05, 3.63) is 0 Å². The Balaban J connectivity index is 1.70. The van der Waals surface area contributed by atoms with Gasteiger partial charge in [-0.05, 0) is 37.5 Å². The molecule has 0 bridgehead atoms. The Morgan fingerprint density at radius 1 is 1.12 bits per heavy atom. The number of ether oxygens (including phenoxy) is 2. The number of rotatable bonds is 5. The highest BCUT2D eigenvalue weighted by molar-refractivity contribution is 4.92. The Bertz CT molecular complexity index is 214. The molecular formula is C13H25NO2. The summed E-state index contributed by atoms with van der Waals surface area (Å²) in [7, 11) is 1.84. The maximum absolute atomic E-state index is 5.61. The molecule has 1 aliphatic heterocycles. The van der Waals surface area contributed by atoms with Crippen LogP contribution in [0.15, 0.2) is 0 Å². The highest BCUT2D eigenvalue weighted by atomic mass is 16.5. The van der Waals surface area contributed by atoms with Crippen molar-refractivity contribution in [1.29, 1.82) is 0 Å². The van der Waals surface area contributed by atoms with Gasteiger partial charge in [0.25, 0.3) is 0 Å². The lowest BCUT2D eigenvalue weighted by molar-refractivity contribution is -0.0717. The Morgan fingerprint density at radius 3 is 2.31 bits per heavy atom. The Kier molecular flexibility index (Phi) is 3.88. The van der Waals surface area contributed by atoms with Crippen molar-refractivity contribution < 1.29 is 9.47 Å². The topological polar surface area (TPSA) is 30.5 Å². The molecule has 94 valence electrons. The number of nitrogens with one attached hydrogen (secondary N) is 1. The van der Waals surface area contributed by atoms with Crippen LogP contribution in [0.3, 0.4) is 0 Å². The summed E-state index contributed by atoms with van der Waals surface area (Å²) < 4.78 is 11.0. The molecule has 2 fully saturated rings. The van der Waals surface area contributed by atoms with E-state index in [1.54, 1.807) is 0 Å². The van der Waals surface area contributed by atoms with E-state index in [1.165, 1.54) is 32.1 Å². The minimum Gasteiger partial charge on any atom is -0.381 e. The number of methoxy groups -OCH3 is 1. The zero-order valence-electron chi connectivity index (χ0n) is 10.7. The molecule has 3 heteroatoms. The molecule has 0 radical (unpaired) electrons. The van der Waals surface area contributed by atoms with Crippen LogP contribution in [0.5, 0.6) is 0 Å². The average molecular weight is 227 g/mol. The second-order valence-corrected chi connectivity index (χ2v) is 5.77. The lowest BCUT2D eigenvalue weighted by atomic mass is 9.79. The molecule has 1 N–H and O–H groups in total. The highest BCUT2D eigenvalue weighted by Gasteiger charge is 2.37. The molecule has 0 amide bonds. The van der Waals surface area contributed by atoms with Gasteiger partial charge in [0.05, 0.1) is 5.60 Å². The molecule has 0 atom stereocenters. The smallest absolute Gasteiger partial charge is 0.0802 e. The van der Waals surface area contributed by atoms with E-state index in [0.717, 1.165) is 26.3 Å². The first-order valence-electron chi connectivity index (χ1n) is 6.52. The average Bonchev–Trinajstić information content (AvgIpc) is 2.23. The summed E-state index contributed by atoms with van der Waals surface area (Å²) in [6, 6.07) is 0. The van der Waals surface area contributed by atoms with Gasteiger partial charge >= 0.3 is 0 Å². The standard InChI is InChI=1S/C13H25NO2/c1-12(6-8-16-9-7-12)10-14-11-13(15-2)4-3-5-13/h14H,3-11H2,1-2H3. The fourth-order valence-electron chi connectivity index (χ4n) is 2.66. The zero-order chi connectivity index (χ0) is 11.5. The summed E-state index contributed by atoms with van der Waals surface area (Å²) in [5.74, 6) is 0. The van der Waals surface area contributed by atoms with Gasteiger partial charge in [-0.1, -0.05) is 6.92 Å². The van der Waals surface area contributed by atoms with E-state index in [9.17, 15) is 0 Å². The van der Waals surface area contributed by atoms with Crippen LogP contribution in [-0.2, 0) is 9.47 Å². The molecule has 1 saturated heterocycles. The van der Waals surface area contributed by atoms with Crippen LogP contribution in [0.25, 0.3) is 0 Å². The SMILES string of the molecule is COC1(CNCC2(C)CCOCC2)CCC1. The molecule has 16 heavy (non-hydrogen) atoms. The van der Waals surface area contributed by atoms with Crippen LogP contribution in [0, 0.1) is 5.41 Å². The zero-order valence-corrected chi connectivity index (χ0v) is 10.7. The lowest BCUT2D eigenvalue weighted by Crippen LogP contribution is -2.50. The van der Waals surface area contributed by atoms with Crippen LogP contribution in [-0.4, -0.2) is 39.0 Å². The molecule has 1 saturated carbocycles. The normalized spacial score (nSPS) is 27.4. The molecule has 1 aliphatic carbocycles. The Hall–Kier alpha value is -0.120. The fraction of sp³-hybridized carbons (Fsp3) is 1.00. The molecule has 2 aliphatic rings. The summed E-state index contributed by atoms with van der Waals surface area (Å²) >= 11 is 0. The van der Waals surface area contributed by atoms with Crippen LogP contribution >= 0.6 is 0 Å². The first kappa shape index (κ1) is 12.3. The predicted molar refractivity (Wildman–Crippen MR) is 64.6 cm³/mol. The van der Waals surface area contributed by atoms with E-state index < -0.39 is 0 Å². The third-order valence-corrected chi connectivity index (χ3v) is 4.40. The van der Waals surface area contributed by atoms with Gasteiger partial charge in [0.2, 0.25) is 0 Å². The monoisotopic (exact) mass is 227 g/mol. The van der Waals surface area contributed by atoms with E-state index in [0.29, 0.717) is 5.41 Å². The van der Waals surface area contributed by atoms with E-state index in [1.807, 2.05) is 7.11 Å². The minimum absolute atomic E-state index is 0.154. The second-order valence-electron chi connectivity index (χ2n) is 5.77. The van der Waals surface area contributed by atoms with Crippen molar-refractivity contribution in [2.24, 2.45) is 5.41 Å².